The number of ether oxygens (including phenoxy) is 1. The molecule has 0 bridgehead atoms. The Morgan fingerprint density at radius 3 is 2.90 bits per heavy atom. The van der Waals surface area contributed by atoms with E-state index < -0.39 is 0 Å². The first-order chi connectivity index (χ1) is 14.7. The highest BCUT2D eigenvalue weighted by atomic mass is 32.2. The van der Waals surface area contributed by atoms with Gasteiger partial charge in [0.1, 0.15) is 15.6 Å². The molecule has 1 aliphatic rings. The number of hydrogen-bond acceptors (Lipinski definition) is 7. The summed E-state index contributed by atoms with van der Waals surface area (Å²) in [5.74, 6) is 1.49. The van der Waals surface area contributed by atoms with Gasteiger partial charge in [-0.25, -0.2) is 9.97 Å². The Bertz CT molecular complexity index is 1290. The maximum Gasteiger partial charge on any atom is 0.262 e. The third kappa shape index (κ3) is 3.46. The van der Waals surface area contributed by atoms with Crippen molar-refractivity contribution in [2.45, 2.75) is 36.6 Å². The summed E-state index contributed by atoms with van der Waals surface area (Å²) in [6.07, 6.45) is 4.45. The van der Waals surface area contributed by atoms with Crippen molar-refractivity contribution >= 4 is 44.7 Å². The molecule has 0 fully saturated rings. The molecule has 8 heteroatoms. The molecule has 3 heterocycles. The first-order valence-electron chi connectivity index (χ1n) is 9.87. The van der Waals surface area contributed by atoms with Crippen LogP contribution in [0.15, 0.2) is 39.6 Å². The van der Waals surface area contributed by atoms with E-state index in [-0.39, 0.29) is 5.56 Å². The van der Waals surface area contributed by atoms with Gasteiger partial charge in [-0.15, -0.1) is 22.7 Å². The summed E-state index contributed by atoms with van der Waals surface area (Å²) >= 11 is 4.87. The number of thiophene rings is 1. The van der Waals surface area contributed by atoms with Gasteiger partial charge < -0.3 is 4.74 Å². The van der Waals surface area contributed by atoms with Crippen molar-refractivity contribution in [1.29, 1.82) is 0 Å². The molecular formula is C22H21N3O2S3. The van der Waals surface area contributed by atoms with E-state index in [4.69, 9.17) is 14.7 Å². The normalized spacial score (nSPS) is 13.5. The van der Waals surface area contributed by atoms with Crippen LogP contribution < -0.4 is 10.3 Å². The first-order valence-corrected chi connectivity index (χ1v) is 12.6. The van der Waals surface area contributed by atoms with E-state index in [1.54, 1.807) is 46.1 Å². The predicted octanol–water partition coefficient (Wildman–Crippen LogP) is 5.30. The molecule has 0 N–H and O–H groups in total. The summed E-state index contributed by atoms with van der Waals surface area (Å²) in [4.78, 5) is 24.9. The van der Waals surface area contributed by atoms with Crippen molar-refractivity contribution in [3.8, 4) is 16.3 Å². The van der Waals surface area contributed by atoms with E-state index in [9.17, 15) is 4.79 Å². The molecule has 3 aromatic heterocycles. The lowest BCUT2D eigenvalue weighted by molar-refractivity contribution is 0.416. The maximum absolute atomic E-state index is 13.0. The van der Waals surface area contributed by atoms with E-state index in [2.05, 4.69) is 5.38 Å². The molecule has 0 amide bonds. The Balaban J connectivity index is 1.41. The maximum atomic E-state index is 13.0. The number of para-hydroxylation sites is 1. The minimum Gasteiger partial charge on any atom is -0.496 e. The molecule has 0 spiro atoms. The van der Waals surface area contributed by atoms with E-state index in [1.165, 1.54) is 16.9 Å². The molecule has 0 saturated carbocycles. The van der Waals surface area contributed by atoms with Gasteiger partial charge >= 0.3 is 0 Å². The predicted molar refractivity (Wildman–Crippen MR) is 125 cm³/mol. The summed E-state index contributed by atoms with van der Waals surface area (Å²) in [7, 11) is 3.50. The lowest BCUT2D eigenvalue weighted by Gasteiger charge is -2.10. The van der Waals surface area contributed by atoms with Crippen LogP contribution in [0.5, 0.6) is 5.75 Å². The summed E-state index contributed by atoms with van der Waals surface area (Å²) in [5.41, 5.74) is 3.30. The zero-order valence-corrected chi connectivity index (χ0v) is 19.3. The van der Waals surface area contributed by atoms with Gasteiger partial charge in [0, 0.05) is 23.1 Å². The number of thioether (sulfide) groups is 1. The molecule has 1 aliphatic carbocycles. The van der Waals surface area contributed by atoms with Crippen LogP contribution in [0, 0.1) is 0 Å². The molecule has 154 valence electrons. The fourth-order valence-electron chi connectivity index (χ4n) is 3.85. The Kier molecular flexibility index (Phi) is 5.39. The van der Waals surface area contributed by atoms with Crippen LogP contribution in [-0.4, -0.2) is 21.6 Å². The highest BCUT2D eigenvalue weighted by molar-refractivity contribution is 7.98. The van der Waals surface area contributed by atoms with Crippen molar-refractivity contribution in [3.63, 3.8) is 0 Å². The van der Waals surface area contributed by atoms with Crippen LogP contribution in [0.1, 0.15) is 29.0 Å². The average Bonchev–Trinajstić information content (AvgIpc) is 3.39. The minimum atomic E-state index is 0.0786. The van der Waals surface area contributed by atoms with Crippen LogP contribution in [-0.2, 0) is 25.6 Å². The number of nitrogens with zero attached hydrogens (tertiary/aromatic N) is 3. The topological polar surface area (TPSA) is 57.0 Å². The highest BCUT2D eigenvalue weighted by Gasteiger charge is 2.21. The standard InChI is InChI=1S/C22H21N3O2S3/c1-25-21(26)18-15-8-4-6-10-17(15)30-20(18)24-22(25)29-12-13-11-28-19(23-13)14-7-3-5-9-16(14)27-2/h3,5,7,9,11H,4,6,8,10,12H2,1-2H3. The number of aromatic nitrogens is 3. The molecule has 30 heavy (non-hydrogen) atoms. The van der Waals surface area contributed by atoms with E-state index >= 15 is 0 Å². The molecule has 0 aliphatic heterocycles. The zero-order valence-electron chi connectivity index (χ0n) is 16.8. The number of aryl methyl sites for hydroxylation is 2. The van der Waals surface area contributed by atoms with Gasteiger partial charge in [-0.3, -0.25) is 9.36 Å². The van der Waals surface area contributed by atoms with Gasteiger partial charge in [0.05, 0.1) is 23.8 Å². The molecule has 1 aromatic carbocycles. The largest absolute Gasteiger partial charge is 0.496 e. The molecule has 0 saturated heterocycles. The molecule has 5 rings (SSSR count). The van der Waals surface area contributed by atoms with Crippen molar-refractivity contribution in [1.82, 2.24) is 14.5 Å². The molecular weight excluding hydrogens is 434 g/mol. The van der Waals surface area contributed by atoms with Crippen LogP contribution in [0.4, 0.5) is 0 Å². The smallest absolute Gasteiger partial charge is 0.262 e. The summed E-state index contributed by atoms with van der Waals surface area (Å²) in [6, 6.07) is 7.91. The monoisotopic (exact) mass is 455 g/mol. The van der Waals surface area contributed by atoms with Crippen molar-refractivity contribution < 1.29 is 4.74 Å². The zero-order chi connectivity index (χ0) is 20.7. The Morgan fingerprint density at radius 1 is 1.20 bits per heavy atom. The number of hydrogen-bond donors (Lipinski definition) is 0. The average molecular weight is 456 g/mol. The van der Waals surface area contributed by atoms with Gasteiger partial charge in [0.2, 0.25) is 0 Å². The molecule has 0 unspecified atom stereocenters. The van der Waals surface area contributed by atoms with Crippen molar-refractivity contribution in [3.05, 3.63) is 56.1 Å². The Morgan fingerprint density at radius 2 is 2.03 bits per heavy atom. The number of benzene rings is 1. The van der Waals surface area contributed by atoms with Crippen LogP contribution in [0.25, 0.3) is 20.8 Å². The first kappa shape index (κ1) is 19.8. The fraction of sp³-hybridized carbons (Fsp3) is 0.318. The van der Waals surface area contributed by atoms with Crippen molar-refractivity contribution in [2.24, 2.45) is 7.05 Å². The highest BCUT2D eigenvalue weighted by Crippen LogP contribution is 2.36. The number of methoxy groups -OCH3 is 1. The molecule has 0 radical (unpaired) electrons. The van der Waals surface area contributed by atoms with Gasteiger partial charge in [-0.05, 0) is 43.4 Å². The van der Waals surface area contributed by atoms with Crippen LogP contribution in [0.2, 0.25) is 0 Å². The second-order valence-corrected chi connectivity index (χ2v) is 10.2. The lowest BCUT2D eigenvalue weighted by Crippen LogP contribution is -2.20. The minimum absolute atomic E-state index is 0.0786. The van der Waals surface area contributed by atoms with Crippen LogP contribution in [0.3, 0.4) is 0 Å². The SMILES string of the molecule is COc1ccccc1-c1nc(CSc2nc3sc4c(c3c(=O)n2C)CCCC4)cs1. The summed E-state index contributed by atoms with van der Waals surface area (Å²) < 4.78 is 7.15. The number of rotatable bonds is 5. The molecule has 0 atom stereocenters. The van der Waals surface area contributed by atoms with E-state index in [0.29, 0.717) is 5.75 Å². The van der Waals surface area contributed by atoms with Gasteiger partial charge in [-0.2, -0.15) is 0 Å². The lowest BCUT2D eigenvalue weighted by atomic mass is 9.97. The van der Waals surface area contributed by atoms with Gasteiger partial charge in [0.25, 0.3) is 5.56 Å². The Labute approximate surface area is 186 Å². The quantitative estimate of drug-likeness (QED) is 0.302. The van der Waals surface area contributed by atoms with E-state index in [1.807, 2.05) is 31.3 Å². The van der Waals surface area contributed by atoms with Gasteiger partial charge in [-0.1, -0.05) is 23.9 Å². The number of thiazole rings is 1. The summed E-state index contributed by atoms with van der Waals surface area (Å²) in [5, 5.41) is 4.59. The second-order valence-electron chi connectivity index (χ2n) is 7.28. The fourth-order valence-corrected chi connectivity index (χ4v) is 6.97. The third-order valence-corrected chi connectivity index (χ3v) is 8.57. The second kappa shape index (κ2) is 8.17. The Hall–Kier alpha value is -2.16. The third-order valence-electron chi connectivity index (χ3n) is 5.39. The molecule has 4 aromatic rings. The van der Waals surface area contributed by atoms with E-state index in [0.717, 1.165) is 56.7 Å². The van der Waals surface area contributed by atoms with Crippen molar-refractivity contribution in [2.75, 3.05) is 7.11 Å². The summed E-state index contributed by atoms with van der Waals surface area (Å²) in [6.45, 7) is 0. The molecule has 5 nitrogen and oxygen atoms in total. The number of fused-ring (bicyclic) bond motifs is 3. The van der Waals surface area contributed by atoms with Crippen LogP contribution >= 0.6 is 34.4 Å². The van der Waals surface area contributed by atoms with Gasteiger partial charge in [0.15, 0.2) is 5.16 Å².